The minimum absolute atomic E-state index is 0.0222. The number of rotatable bonds is 6. The summed E-state index contributed by atoms with van der Waals surface area (Å²) >= 11 is 1.73. The maximum atomic E-state index is 11.8. The first-order chi connectivity index (χ1) is 8.17. The van der Waals surface area contributed by atoms with Gasteiger partial charge in [-0.25, -0.2) is 0 Å². The highest BCUT2D eigenvalue weighted by Crippen LogP contribution is 2.10. The second kappa shape index (κ2) is 7.95. The first-order valence-electron chi connectivity index (χ1n) is 6.44. The summed E-state index contributed by atoms with van der Waals surface area (Å²) in [7, 11) is 0. The van der Waals surface area contributed by atoms with E-state index in [-0.39, 0.29) is 11.9 Å². The van der Waals surface area contributed by atoms with Gasteiger partial charge in [0.25, 0.3) is 0 Å². The highest BCUT2D eigenvalue weighted by molar-refractivity contribution is 7.98. The van der Waals surface area contributed by atoms with Crippen molar-refractivity contribution in [3.63, 3.8) is 0 Å². The molecule has 5 heteroatoms. The van der Waals surface area contributed by atoms with Crippen molar-refractivity contribution in [3.8, 4) is 0 Å². The largest absolute Gasteiger partial charge is 0.352 e. The smallest absolute Gasteiger partial charge is 0.237 e. The summed E-state index contributed by atoms with van der Waals surface area (Å²) in [4.78, 5) is 14.2. The zero-order valence-corrected chi connectivity index (χ0v) is 11.8. The summed E-state index contributed by atoms with van der Waals surface area (Å²) in [6.45, 7) is 5.45. The predicted molar refractivity (Wildman–Crippen MR) is 74.3 cm³/mol. The lowest BCUT2D eigenvalue weighted by molar-refractivity contribution is -0.123. The normalized spacial score (nSPS) is 20.2. The maximum absolute atomic E-state index is 11.8. The molecule has 0 unspecified atom stereocenters. The fourth-order valence-corrected chi connectivity index (χ4v) is 2.57. The van der Waals surface area contributed by atoms with Crippen molar-refractivity contribution in [2.45, 2.75) is 38.3 Å². The van der Waals surface area contributed by atoms with Gasteiger partial charge < -0.3 is 16.0 Å². The number of hydrogen-bond acceptors (Lipinski definition) is 4. The Morgan fingerprint density at radius 3 is 2.71 bits per heavy atom. The summed E-state index contributed by atoms with van der Waals surface area (Å²) in [5.41, 5.74) is 5.84. The number of amides is 1. The van der Waals surface area contributed by atoms with Crippen molar-refractivity contribution in [3.05, 3.63) is 0 Å². The minimum Gasteiger partial charge on any atom is -0.352 e. The van der Waals surface area contributed by atoms with E-state index in [0.29, 0.717) is 6.04 Å². The Kier molecular flexibility index (Phi) is 6.92. The lowest BCUT2D eigenvalue weighted by Gasteiger charge is -2.32. The van der Waals surface area contributed by atoms with Crippen LogP contribution in [0.3, 0.4) is 0 Å². The van der Waals surface area contributed by atoms with Gasteiger partial charge in [-0.1, -0.05) is 6.92 Å². The molecule has 3 N–H and O–H groups in total. The van der Waals surface area contributed by atoms with Crippen LogP contribution in [0.25, 0.3) is 0 Å². The van der Waals surface area contributed by atoms with Crippen LogP contribution >= 0.6 is 11.8 Å². The van der Waals surface area contributed by atoms with Crippen LogP contribution in [0.5, 0.6) is 0 Å². The van der Waals surface area contributed by atoms with Gasteiger partial charge in [0.1, 0.15) is 0 Å². The van der Waals surface area contributed by atoms with Crippen molar-refractivity contribution in [1.82, 2.24) is 10.2 Å². The summed E-state index contributed by atoms with van der Waals surface area (Å²) in [5.74, 6) is 0.970. The molecule has 0 saturated carbocycles. The van der Waals surface area contributed by atoms with E-state index in [2.05, 4.69) is 17.1 Å². The van der Waals surface area contributed by atoms with Crippen LogP contribution in [-0.4, -0.2) is 54.5 Å². The maximum Gasteiger partial charge on any atom is 0.237 e. The molecule has 1 heterocycles. The molecule has 17 heavy (non-hydrogen) atoms. The number of likely N-dealkylation sites (tertiary alicyclic amines) is 1. The van der Waals surface area contributed by atoms with E-state index in [1.54, 1.807) is 11.8 Å². The Morgan fingerprint density at radius 1 is 1.53 bits per heavy atom. The van der Waals surface area contributed by atoms with Crippen molar-refractivity contribution >= 4 is 17.7 Å². The molecule has 1 atom stereocenters. The first-order valence-corrected chi connectivity index (χ1v) is 7.84. The molecule has 1 saturated heterocycles. The van der Waals surface area contributed by atoms with Crippen molar-refractivity contribution in [2.24, 2.45) is 5.73 Å². The molecule has 1 aliphatic rings. The number of nitrogens with zero attached hydrogens (tertiary/aromatic N) is 1. The topological polar surface area (TPSA) is 58.4 Å². The summed E-state index contributed by atoms with van der Waals surface area (Å²) in [5, 5.41) is 3.07. The number of nitrogens with one attached hydrogen (secondary N) is 1. The summed E-state index contributed by atoms with van der Waals surface area (Å²) < 4.78 is 0. The summed E-state index contributed by atoms with van der Waals surface area (Å²) in [6.07, 6.45) is 4.90. The Labute approximate surface area is 109 Å². The van der Waals surface area contributed by atoms with E-state index in [0.717, 1.165) is 44.6 Å². The lowest BCUT2D eigenvalue weighted by Crippen LogP contribution is -2.49. The molecule has 1 fully saturated rings. The quantitative estimate of drug-likeness (QED) is 0.736. The molecule has 100 valence electrons. The van der Waals surface area contributed by atoms with Gasteiger partial charge >= 0.3 is 0 Å². The van der Waals surface area contributed by atoms with E-state index in [4.69, 9.17) is 5.73 Å². The lowest BCUT2D eigenvalue weighted by atomic mass is 10.0. The Bertz CT molecular complexity index is 230. The fraction of sp³-hybridized carbons (Fsp3) is 0.917. The van der Waals surface area contributed by atoms with Crippen molar-refractivity contribution in [1.29, 1.82) is 0 Å². The molecule has 4 nitrogen and oxygen atoms in total. The molecular weight excluding hydrogens is 234 g/mol. The number of nitrogens with two attached hydrogens (primary N) is 1. The van der Waals surface area contributed by atoms with E-state index >= 15 is 0 Å². The minimum atomic E-state index is -0.341. The van der Waals surface area contributed by atoms with Gasteiger partial charge in [0.15, 0.2) is 0 Å². The van der Waals surface area contributed by atoms with E-state index in [1.807, 2.05) is 6.26 Å². The van der Waals surface area contributed by atoms with Crippen molar-refractivity contribution < 1.29 is 4.79 Å². The second-order valence-electron chi connectivity index (χ2n) is 4.61. The van der Waals surface area contributed by atoms with Gasteiger partial charge in [-0.2, -0.15) is 11.8 Å². The van der Waals surface area contributed by atoms with Crippen molar-refractivity contribution in [2.75, 3.05) is 31.6 Å². The van der Waals surface area contributed by atoms with Crippen LogP contribution < -0.4 is 11.1 Å². The van der Waals surface area contributed by atoms with Crippen LogP contribution in [0, 0.1) is 0 Å². The molecule has 0 radical (unpaired) electrons. The third kappa shape index (κ3) is 5.27. The molecule has 0 aliphatic carbocycles. The highest BCUT2D eigenvalue weighted by atomic mass is 32.2. The monoisotopic (exact) mass is 259 g/mol. The standard InChI is InChI=1S/C12H25N3OS/c1-3-15-7-4-10(5-8-15)14-12(16)11(13)6-9-17-2/h10-11H,3-9,13H2,1-2H3,(H,14,16)/t11-/m1/s1. The Balaban J connectivity index is 2.22. The number of piperidine rings is 1. The zero-order valence-electron chi connectivity index (χ0n) is 10.9. The van der Waals surface area contributed by atoms with Gasteiger partial charge in [-0.05, 0) is 37.8 Å². The van der Waals surface area contributed by atoms with Crippen LogP contribution in [0.2, 0.25) is 0 Å². The SMILES string of the molecule is CCN1CCC(NC(=O)[C@H](N)CCSC)CC1. The fourth-order valence-electron chi connectivity index (χ4n) is 2.08. The Morgan fingerprint density at radius 2 is 2.18 bits per heavy atom. The molecule has 0 aromatic heterocycles. The average molecular weight is 259 g/mol. The van der Waals surface area contributed by atoms with Crippen LogP contribution in [0.15, 0.2) is 0 Å². The highest BCUT2D eigenvalue weighted by Gasteiger charge is 2.21. The van der Waals surface area contributed by atoms with Gasteiger partial charge in [-0.15, -0.1) is 0 Å². The van der Waals surface area contributed by atoms with Crippen LogP contribution in [0.4, 0.5) is 0 Å². The number of carbonyl (C=O) groups is 1. The van der Waals surface area contributed by atoms with Gasteiger partial charge in [-0.3, -0.25) is 4.79 Å². The van der Waals surface area contributed by atoms with Crippen LogP contribution in [-0.2, 0) is 4.79 Å². The van der Waals surface area contributed by atoms with E-state index in [9.17, 15) is 4.79 Å². The predicted octanol–water partition coefficient (Wildman–Crippen LogP) is 0.667. The first kappa shape index (κ1) is 14.8. The van der Waals surface area contributed by atoms with Gasteiger partial charge in [0, 0.05) is 19.1 Å². The van der Waals surface area contributed by atoms with E-state index in [1.165, 1.54) is 0 Å². The average Bonchev–Trinajstić information content (AvgIpc) is 2.36. The number of hydrogen-bond donors (Lipinski definition) is 2. The molecule has 0 aromatic rings. The molecule has 0 spiro atoms. The molecule has 0 aromatic carbocycles. The number of carbonyl (C=O) groups excluding carboxylic acids is 1. The third-order valence-electron chi connectivity index (χ3n) is 3.35. The molecule has 1 rings (SSSR count). The molecule has 0 bridgehead atoms. The molecule has 1 aliphatic heterocycles. The third-order valence-corrected chi connectivity index (χ3v) is 3.99. The zero-order chi connectivity index (χ0) is 12.7. The van der Waals surface area contributed by atoms with Crippen LogP contribution in [0.1, 0.15) is 26.2 Å². The van der Waals surface area contributed by atoms with E-state index < -0.39 is 0 Å². The number of thioether (sulfide) groups is 1. The van der Waals surface area contributed by atoms with Gasteiger partial charge in [0.05, 0.1) is 6.04 Å². The second-order valence-corrected chi connectivity index (χ2v) is 5.59. The van der Waals surface area contributed by atoms with Gasteiger partial charge in [0.2, 0.25) is 5.91 Å². The Hall–Kier alpha value is -0.260. The molecular formula is C12H25N3OS. The summed E-state index contributed by atoms with van der Waals surface area (Å²) in [6, 6.07) is -0.0164. The molecule has 1 amide bonds.